The molecule has 1 heterocycles. The number of aliphatic hydroxyl groups is 1. The fourth-order valence-electron chi connectivity index (χ4n) is 3.85. The van der Waals surface area contributed by atoms with Gasteiger partial charge in [0, 0.05) is 12.1 Å². The van der Waals surface area contributed by atoms with Gasteiger partial charge in [0.1, 0.15) is 0 Å². The SMILES string of the molecule is O=C(/C=C/c1ccccc1)C[C@]1(O)C(=O)N(CCc2ccccc2)c2ccccc21. The van der Waals surface area contributed by atoms with Crippen molar-refractivity contribution in [1.29, 1.82) is 0 Å². The van der Waals surface area contributed by atoms with Gasteiger partial charge >= 0.3 is 0 Å². The minimum absolute atomic E-state index is 0.284. The van der Waals surface area contributed by atoms with Crippen molar-refractivity contribution in [2.75, 3.05) is 11.4 Å². The Kier molecular flexibility index (Phi) is 5.59. The van der Waals surface area contributed by atoms with Crippen LogP contribution in [0.25, 0.3) is 6.08 Å². The van der Waals surface area contributed by atoms with Crippen molar-refractivity contribution in [2.45, 2.75) is 18.4 Å². The van der Waals surface area contributed by atoms with E-state index in [2.05, 4.69) is 0 Å². The number of benzene rings is 3. The van der Waals surface area contributed by atoms with E-state index in [-0.39, 0.29) is 12.2 Å². The van der Waals surface area contributed by atoms with Crippen LogP contribution in [0, 0.1) is 0 Å². The van der Waals surface area contributed by atoms with E-state index < -0.39 is 11.5 Å². The molecular formula is C26H23NO3. The van der Waals surface area contributed by atoms with Crippen molar-refractivity contribution in [3.05, 3.63) is 108 Å². The second kappa shape index (κ2) is 8.47. The standard InChI is InChI=1S/C26H23NO3/c28-22(16-15-20-9-3-1-4-10-20)19-26(30)23-13-7-8-14-24(23)27(25(26)29)18-17-21-11-5-2-6-12-21/h1-16,30H,17-19H2/b16-15+/t26-/m1/s1. The van der Waals surface area contributed by atoms with Crippen molar-refractivity contribution in [2.24, 2.45) is 0 Å². The quantitative estimate of drug-likeness (QED) is 0.610. The molecule has 0 spiro atoms. The number of amides is 1. The molecule has 0 unspecified atom stereocenters. The Balaban J connectivity index is 1.54. The maximum Gasteiger partial charge on any atom is 0.264 e. The van der Waals surface area contributed by atoms with Gasteiger partial charge in [0.2, 0.25) is 0 Å². The number of allylic oxidation sites excluding steroid dienone is 1. The second-order valence-corrected chi connectivity index (χ2v) is 7.46. The van der Waals surface area contributed by atoms with Crippen molar-refractivity contribution in [1.82, 2.24) is 0 Å². The largest absolute Gasteiger partial charge is 0.375 e. The molecule has 4 rings (SSSR count). The monoisotopic (exact) mass is 397 g/mol. The van der Waals surface area contributed by atoms with Crippen LogP contribution in [0.15, 0.2) is 91.0 Å². The highest BCUT2D eigenvalue weighted by Gasteiger charge is 2.50. The summed E-state index contributed by atoms with van der Waals surface area (Å²) in [4.78, 5) is 27.4. The highest BCUT2D eigenvalue weighted by molar-refractivity contribution is 6.10. The van der Waals surface area contributed by atoms with Gasteiger partial charge in [-0.2, -0.15) is 0 Å². The number of ketones is 1. The highest BCUT2D eigenvalue weighted by Crippen LogP contribution is 2.42. The summed E-state index contributed by atoms with van der Waals surface area (Å²) in [5.74, 6) is -0.740. The van der Waals surface area contributed by atoms with Crippen LogP contribution in [-0.4, -0.2) is 23.3 Å². The first-order valence-corrected chi connectivity index (χ1v) is 10.0. The topological polar surface area (TPSA) is 57.6 Å². The van der Waals surface area contributed by atoms with Crippen molar-refractivity contribution in [3.8, 4) is 0 Å². The van der Waals surface area contributed by atoms with Gasteiger partial charge in [-0.05, 0) is 29.7 Å². The first kappa shape index (κ1) is 19.8. The van der Waals surface area contributed by atoms with E-state index in [1.54, 1.807) is 23.1 Å². The third-order valence-corrected chi connectivity index (χ3v) is 5.40. The Hall–Kier alpha value is -3.50. The van der Waals surface area contributed by atoms with Gasteiger partial charge in [-0.25, -0.2) is 0 Å². The van der Waals surface area contributed by atoms with Crippen LogP contribution < -0.4 is 4.90 Å². The van der Waals surface area contributed by atoms with E-state index in [0.29, 0.717) is 24.2 Å². The molecule has 1 amide bonds. The Bertz CT molecular complexity index is 1080. The zero-order valence-electron chi connectivity index (χ0n) is 16.6. The normalized spacial score (nSPS) is 18.0. The van der Waals surface area contributed by atoms with Gasteiger partial charge in [-0.15, -0.1) is 0 Å². The number of fused-ring (bicyclic) bond motifs is 1. The van der Waals surface area contributed by atoms with E-state index >= 15 is 0 Å². The summed E-state index contributed by atoms with van der Waals surface area (Å²) >= 11 is 0. The van der Waals surface area contributed by atoms with E-state index in [9.17, 15) is 14.7 Å². The zero-order valence-corrected chi connectivity index (χ0v) is 16.6. The molecule has 0 radical (unpaired) electrons. The van der Waals surface area contributed by atoms with Crippen molar-refractivity contribution < 1.29 is 14.7 Å². The minimum atomic E-state index is -1.84. The van der Waals surface area contributed by atoms with Crippen LogP contribution >= 0.6 is 0 Å². The predicted molar refractivity (Wildman–Crippen MR) is 118 cm³/mol. The Labute approximate surface area is 176 Å². The lowest BCUT2D eigenvalue weighted by atomic mass is 9.89. The molecule has 3 aromatic rings. The maximum absolute atomic E-state index is 13.2. The molecule has 0 aromatic heterocycles. The lowest BCUT2D eigenvalue weighted by Crippen LogP contribution is -2.42. The molecule has 0 fully saturated rings. The third kappa shape index (κ3) is 3.95. The van der Waals surface area contributed by atoms with Gasteiger partial charge < -0.3 is 10.0 Å². The van der Waals surface area contributed by atoms with Crippen LogP contribution in [0.5, 0.6) is 0 Å². The summed E-state index contributed by atoms with van der Waals surface area (Å²) in [6, 6.07) is 26.5. The van der Waals surface area contributed by atoms with Crippen molar-refractivity contribution >= 4 is 23.5 Å². The molecule has 3 aromatic carbocycles. The molecule has 1 aliphatic rings. The third-order valence-electron chi connectivity index (χ3n) is 5.40. The number of para-hydroxylation sites is 1. The van der Waals surface area contributed by atoms with Crippen LogP contribution in [0.3, 0.4) is 0 Å². The summed E-state index contributed by atoms with van der Waals surface area (Å²) in [5.41, 5.74) is 1.32. The van der Waals surface area contributed by atoms with E-state index in [1.165, 1.54) is 6.08 Å². The number of carbonyl (C=O) groups is 2. The van der Waals surface area contributed by atoms with E-state index in [4.69, 9.17) is 0 Å². The first-order valence-electron chi connectivity index (χ1n) is 10.0. The van der Waals surface area contributed by atoms with Crippen molar-refractivity contribution in [3.63, 3.8) is 0 Å². The molecule has 1 N–H and O–H groups in total. The summed E-state index contributed by atoms with van der Waals surface area (Å²) in [5, 5.41) is 11.3. The average Bonchev–Trinajstić information content (AvgIpc) is 2.99. The van der Waals surface area contributed by atoms with Gasteiger partial charge in [0.15, 0.2) is 11.4 Å². The Morgan fingerprint density at radius 3 is 2.27 bits per heavy atom. The molecule has 30 heavy (non-hydrogen) atoms. The highest BCUT2D eigenvalue weighted by atomic mass is 16.3. The number of rotatable bonds is 7. The fraction of sp³-hybridized carbons (Fsp3) is 0.154. The summed E-state index contributed by atoms with van der Waals surface area (Å²) in [7, 11) is 0. The molecular weight excluding hydrogens is 374 g/mol. The van der Waals surface area contributed by atoms with Gasteiger partial charge in [-0.3, -0.25) is 9.59 Å². The van der Waals surface area contributed by atoms with E-state index in [0.717, 1.165) is 11.1 Å². The molecule has 4 nitrogen and oxygen atoms in total. The molecule has 0 saturated heterocycles. The number of carbonyl (C=O) groups excluding carboxylic acids is 2. The average molecular weight is 397 g/mol. The number of hydrogen-bond acceptors (Lipinski definition) is 3. The lowest BCUT2D eigenvalue weighted by Gasteiger charge is -2.22. The molecule has 0 saturated carbocycles. The summed E-state index contributed by atoms with van der Waals surface area (Å²) in [6.45, 7) is 0.441. The summed E-state index contributed by atoms with van der Waals surface area (Å²) < 4.78 is 0. The maximum atomic E-state index is 13.2. The predicted octanol–water partition coefficient (Wildman–Crippen LogP) is 4.14. The van der Waals surface area contributed by atoms with Crippen LogP contribution in [0.4, 0.5) is 5.69 Å². The van der Waals surface area contributed by atoms with E-state index in [1.807, 2.05) is 72.8 Å². The summed E-state index contributed by atoms with van der Waals surface area (Å²) in [6.07, 6.45) is 3.51. The van der Waals surface area contributed by atoms with Gasteiger partial charge in [0.05, 0.1) is 12.1 Å². The molecule has 1 atom stereocenters. The number of nitrogens with zero attached hydrogens (tertiary/aromatic N) is 1. The Morgan fingerprint density at radius 2 is 1.53 bits per heavy atom. The lowest BCUT2D eigenvalue weighted by molar-refractivity contribution is -0.140. The van der Waals surface area contributed by atoms with Gasteiger partial charge in [-0.1, -0.05) is 84.9 Å². The first-order chi connectivity index (χ1) is 14.6. The number of hydrogen-bond donors (Lipinski definition) is 1. The van der Waals surface area contributed by atoms with Crippen LogP contribution in [0.1, 0.15) is 23.1 Å². The molecule has 4 heteroatoms. The molecule has 1 aliphatic heterocycles. The molecule has 0 bridgehead atoms. The van der Waals surface area contributed by atoms with Crippen LogP contribution in [-0.2, 0) is 21.6 Å². The fourth-order valence-corrected chi connectivity index (χ4v) is 3.85. The second-order valence-electron chi connectivity index (χ2n) is 7.46. The van der Waals surface area contributed by atoms with Gasteiger partial charge in [0.25, 0.3) is 5.91 Å². The zero-order chi connectivity index (χ0) is 21.0. The molecule has 0 aliphatic carbocycles. The van der Waals surface area contributed by atoms with Crippen LogP contribution in [0.2, 0.25) is 0 Å². The smallest absolute Gasteiger partial charge is 0.264 e. The number of anilines is 1. The Morgan fingerprint density at radius 1 is 0.900 bits per heavy atom. The minimum Gasteiger partial charge on any atom is -0.375 e. The molecule has 150 valence electrons.